The monoisotopic (exact) mass is 290 g/mol. The molecule has 7 heteroatoms. The second kappa shape index (κ2) is 6.51. The molecule has 0 saturated carbocycles. The van der Waals surface area contributed by atoms with Crippen molar-refractivity contribution in [3.63, 3.8) is 0 Å². The molecule has 0 bridgehead atoms. The fourth-order valence-electron chi connectivity index (χ4n) is 2.34. The molecule has 0 saturated heterocycles. The molecule has 114 valence electrons. The maximum absolute atomic E-state index is 12.2. The van der Waals surface area contributed by atoms with Gasteiger partial charge in [-0.2, -0.15) is 10.2 Å². The Morgan fingerprint density at radius 3 is 2.86 bits per heavy atom. The Bertz CT molecular complexity index is 595. The predicted molar refractivity (Wildman–Crippen MR) is 78.6 cm³/mol. The Morgan fingerprint density at radius 2 is 2.24 bits per heavy atom. The van der Waals surface area contributed by atoms with Gasteiger partial charge in [-0.25, -0.2) is 9.67 Å². The Morgan fingerprint density at radius 1 is 1.48 bits per heavy atom. The average Bonchev–Trinajstić information content (AvgIpc) is 3.01. The second-order valence-electron chi connectivity index (χ2n) is 5.22. The maximum atomic E-state index is 12.2. The van der Waals surface area contributed by atoms with E-state index in [1.807, 2.05) is 25.5 Å². The first kappa shape index (κ1) is 15.2. The van der Waals surface area contributed by atoms with E-state index in [1.54, 1.807) is 0 Å². The van der Waals surface area contributed by atoms with Crippen LogP contribution in [0.15, 0.2) is 6.33 Å². The Kier molecular flexibility index (Phi) is 4.72. The molecular weight excluding hydrogens is 268 g/mol. The Labute approximate surface area is 124 Å². The molecule has 1 atom stereocenters. The van der Waals surface area contributed by atoms with Gasteiger partial charge in [0, 0.05) is 17.8 Å². The minimum absolute atomic E-state index is 0.0406. The summed E-state index contributed by atoms with van der Waals surface area (Å²) in [5, 5.41) is 14.1. The van der Waals surface area contributed by atoms with E-state index >= 15 is 0 Å². The van der Waals surface area contributed by atoms with E-state index in [0.29, 0.717) is 6.42 Å². The van der Waals surface area contributed by atoms with Crippen molar-refractivity contribution in [1.29, 1.82) is 0 Å². The summed E-state index contributed by atoms with van der Waals surface area (Å²) >= 11 is 0. The number of carbonyl (C=O) groups is 1. The van der Waals surface area contributed by atoms with Crippen molar-refractivity contribution in [2.45, 2.75) is 53.1 Å². The summed E-state index contributed by atoms with van der Waals surface area (Å²) in [6.45, 7) is 8.62. The molecule has 0 aliphatic carbocycles. The van der Waals surface area contributed by atoms with Gasteiger partial charge < -0.3 is 5.32 Å². The largest absolute Gasteiger partial charge is 0.346 e. The summed E-state index contributed by atoms with van der Waals surface area (Å²) in [6.07, 6.45) is 2.82. The van der Waals surface area contributed by atoms with Gasteiger partial charge in [0.05, 0.1) is 18.2 Å². The fourth-order valence-corrected chi connectivity index (χ4v) is 2.34. The van der Waals surface area contributed by atoms with Gasteiger partial charge in [-0.05, 0) is 27.2 Å². The number of nitrogens with zero attached hydrogens (tertiary/aromatic N) is 4. The van der Waals surface area contributed by atoms with Crippen LogP contribution < -0.4 is 5.32 Å². The Hall–Kier alpha value is -2.18. The summed E-state index contributed by atoms with van der Waals surface area (Å²) in [7, 11) is 0. The number of aromatic amines is 1. The topological polar surface area (TPSA) is 88.5 Å². The number of nitrogens with one attached hydrogen (secondary N) is 2. The zero-order chi connectivity index (χ0) is 15.4. The maximum Gasteiger partial charge on any atom is 0.225 e. The van der Waals surface area contributed by atoms with Crippen LogP contribution in [0, 0.1) is 13.8 Å². The quantitative estimate of drug-likeness (QED) is 0.842. The van der Waals surface area contributed by atoms with E-state index in [-0.39, 0.29) is 11.9 Å². The normalized spacial score (nSPS) is 12.4. The third-order valence-corrected chi connectivity index (χ3v) is 3.46. The van der Waals surface area contributed by atoms with E-state index in [9.17, 15) is 4.79 Å². The van der Waals surface area contributed by atoms with Crippen molar-refractivity contribution in [3.05, 3.63) is 29.1 Å². The molecule has 0 aliphatic heterocycles. The lowest BCUT2D eigenvalue weighted by Crippen LogP contribution is -2.30. The van der Waals surface area contributed by atoms with Crippen molar-refractivity contribution < 1.29 is 4.79 Å². The number of hydrogen-bond donors (Lipinski definition) is 2. The first-order chi connectivity index (χ1) is 10.0. The molecule has 0 radical (unpaired) electrons. The zero-order valence-electron chi connectivity index (χ0n) is 13.0. The highest BCUT2D eigenvalue weighted by atomic mass is 16.1. The molecule has 1 amide bonds. The van der Waals surface area contributed by atoms with Crippen molar-refractivity contribution in [3.8, 4) is 0 Å². The van der Waals surface area contributed by atoms with Gasteiger partial charge in [-0.3, -0.25) is 9.89 Å². The zero-order valence-corrected chi connectivity index (χ0v) is 13.0. The highest BCUT2D eigenvalue weighted by Crippen LogP contribution is 2.12. The van der Waals surface area contributed by atoms with Crippen LogP contribution in [-0.4, -0.2) is 30.9 Å². The molecule has 2 aromatic heterocycles. The van der Waals surface area contributed by atoms with E-state index in [4.69, 9.17) is 0 Å². The third kappa shape index (κ3) is 3.48. The number of carbonyl (C=O) groups excluding carboxylic acids is 1. The number of rotatable bonds is 6. The van der Waals surface area contributed by atoms with Gasteiger partial charge in [0.15, 0.2) is 0 Å². The van der Waals surface area contributed by atoms with Crippen LogP contribution >= 0.6 is 0 Å². The van der Waals surface area contributed by atoms with E-state index < -0.39 is 0 Å². The molecule has 0 unspecified atom stereocenters. The van der Waals surface area contributed by atoms with Gasteiger partial charge in [0.1, 0.15) is 12.2 Å². The highest BCUT2D eigenvalue weighted by molar-refractivity contribution is 5.79. The Balaban J connectivity index is 2.00. The van der Waals surface area contributed by atoms with E-state index in [0.717, 1.165) is 35.7 Å². The summed E-state index contributed by atoms with van der Waals surface area (Å²) in [6, 6.07) is -0.168. The van der Waals surface area contributed by atoms with Gasteiger partial charge in [-0.15, -0.1) is 0 Å². The highest BCUT2D eigenvalue weighted by Gasteiger charge is 2.17. The van der Waals surface area contributed by atoms with E-state index in [1.165, 1.54) is 6.33 Å². The van der Waals surface area contributed by atoms with Crippen molar-refractivity contribution in [2.24, 2.45) is 0 Å². The van der Waals surface area contributed by atoms with Crippen LogP contribution in [0.4, 0.5) is 0 Å². The second-order valence-corrected chi connectivity index (χ2v) is 5.22. The van der Waals surface area contributed by atoms with Crippen LogP contribution in [0.5, 0.6) is 0 Å². The number of aromatic nitrogens is 5. The molecule has 0 spiro atoms. The molecule has 2 heterocycles. The lowest BCUT2D eigenvalue weighted by molar-refractivity contribution is -0.121. The van der Waals surface area contributed by atoms with Crippen molar-refractivity contribution in [2.75, 3.05) is 0 Å². The minimum Gasteiger partial charge on any atom is -0.346 e. The summed E-state index contributed by atoms with van der Waals surface area (Å²) < 4.78 is 1.83. The molecular formula is C14H22N6O. The third-order valence-electron chi connectivity index (χ3n) is 3.46. The number of aryl methyl sites for hydroxylation is 3. The summed E-state index contributed by atoms with van der Waals surface area (Å²) in [5.74, 6) is 0.743. The minimum atomic E-state index is -0.168. The molecule has 2 rings (SSSR count). The van der Waals surface area contributed by atoms with Gasteiger partial charge >= 0.3 is 0 Å². The summed E-state index contributed by atoms with van der Waals surface area (Å²) in [4.78, 5) is 16.4. The predicted octanol–water partition coefficient (Wildman–Crippen LogP) is 1.45. The molecule has 21 heavy (non-hydrogen) atoms. The van der Waals surface area contributed by atoms with Gasteiger partial charge in [-0.1, -0.05) is 6.92 Å². The van der Waals surface area contributed by atoms with Crippen LogP contribution in [0.25, 0.3) is 0 Å². The van der Waals surface area contributed by atoms with Crippen molar-refractivity contribution in [1.82, 2.24) is 30.3 Å². The lowest BCUT2D eigenvalue weighted by Gasteiger charge is -2.14. The molecule has 2 aromatic rings. The van der Waals surface area contributed by atoms with Crippen LogP contribution in [0.1, 0.15) is 49.1 Å². The van der Waals surface area contributed by atoms with Crippen LogP contribution in [-0.2, 0) is 17.8 Å². The SMILES string of the molecule is CCCn1ncnc1[C@H](C)NC(=O)Cc1c(C)n[nH]c1C. The van der Waals surface area contributed by atoms with Crippen molar-refractivity contribution >= 4 is 5.91 Å². The van der Waals surface area contributed by atoms with Crippen LogP contribution in [0.2, 0.25) is 0 Å². The van der Waals surface area contributed by atoms with Gasteiger partial charge in [0.2, 0.25) is 5.91 Å². The van der Waals surface area contributed by atoms with Gasteiger partial charge in [0.25, 0.3) is 0 Å². The van der Waals surface area contributed by atoms with E-state index in [2.05, 4.69) is 32.5 Å². The standard InChI is InChI=1S/C14H22N6O/c1-5-6-20-14(15-8-16-20)11(4)17-13(21)7-12-9(2)18-19-10(12)3/h8,11H,5-7H2,1-4H3,(H,17,21)(H,18,19)/t11-/m0/s1. The molecule has 0 fully saturated rings. The average molecular weight is 290 g/mol. The lowest BCUT2D eigenvalue weighted by atomic mass is 10.1. The first-order valence-electron chi connectivity index (χ1n) is 7.20. The molecule has 7 nitrogen and oxygen atoms in total. The van der Waals surface area contributed by atoms with Crippen LogP contribution in [0.3, 0.4) is 0 Å². The number of amides is 1. The molecule has 0 aromatic carbocycles. The molecule has 0 aliphatic rings. The summed E-state index contributed by atoms with van der Waals surface area (Å²) in [5.41, 5.74) is 2.75. The fraction of sp³-hybridized carbons (Fsp3) is 0.571. The smallest absolute Gasteiger partial charge is 0.225 e. The first-order valence-corrected chi connectivity index (χ1v) is 7.20. The molecule has 2 N–H and O–H groups in total. The number of H-pyrrole nitrogens is 1. The number of hydrogen-bond acceptors (Lipinski definition) is 4.